The quantitative estimate of drug-likeness (QED) is 0.569. The smallest absolute Gasteiger partial charge is 0.237 e. The molecule has 1 amide bonds. The number of carbonyl (C=O) groups is 1. The van der Waals surface area contributed by atoms with Gasteiger partial charge in [-0.15, -0.1) is 0 Å². The molecule has 94 valence electrons. The van der Waals surface area contributed by atoms with Gasteiger partial charge in [0.25, 0.3) is 0 Å². The summed E-state index contributed by atoms with van der Waals surface area (Å²) in [6.07, 6.45) is -0.189. The second-order valence-corrected chi connectivity index (χ2v) is 4.07. The molecule has 0 aliphatic carbocycles. The van der Waals surface area contributed by atoms with E-state index in [1.165, 1.54) is 0 Å². The third kappa shape index (κ3) is 4.84. The SMILES string of the molecule is C[C@H](O)CNC(=O)[C@H](N)Cc1ccc(O)cc1. The fraction of sp³-hybridized carbons (Fsp3) is 0.417. The normalized spacial score (nSPS) is 14.1. The number of aliphatic hydroxyl groups is 1. The predicted octanol–water partition coefficient (Wildman–Crippen LogP) is -0.241. The first kappa shape index (κ1) is 13.5. The van der Waals surface area contributed by atoms with Crippen LogP contribution < -0.4 is 11.1 Å². The first-order valence-electron chi connectivity index (χ1n) is 5.48. The third-order valence-corrected chi connectivity index (χ3v) is 2.30. The molecule has 0 heterocycles. The zero-order valence-electron chi connectivity index (χ0n) is 9.76. The molecule has 5 N–H and O–H groups in total. The van der Waals surface area contributed by atoms with Crippen LogP contribution in [-0.4, -0.2) is 34.8 Å². The molecule has 1 aromatic rings. The van der Waals surface area contributed by atoms with E-state index in [9.17, 15) is 4.79 Å². The summed E-state index contributed by atoms with van der Waals surface area (Å²) in [6.45, 7) is 1.79. The number of rotatable bonds is 5. The number of phenolic OH excluding ortho intramolecular Hbond substituents is 1. The predicted molar refractivity (Wildman–Crippen MR) is 64.5 cm³/mol. The van der Waals surface area contributed by atoms with Crippen molar-refractivity contribution in [2.45, 2.75) is 25.5 Å². The van der Waals surface area contributed by atoms with Gasteiger partial charge in [-0.05, 0) is 31.0 Å². The van der Waals surface area contributed by atoms with Crippen molar-refractivity contribution in [2.75, 3.05) is 6.54 Å². The lowest BCUT2D eigenvalue weighted by Gasteiger charge is -2.13. The molecule has 5 heteroatoms. The Bertz CT molecular complexity index is 363. The van der Waals surface area contributed by atoms with Crippen molar-refractivity contribution in [3.63, 3.8) is 0 Å². The van der Waals surface area contributed by atoms with Gasteiger partial charge in [0, 0.05) is 6.54 Å². The van der Waals surface area contributed by atoms with Gasteiger partial charge in [-0.1, -0.05) is 12.1 Å². The van der Waals surface area contributed by atoms with E-state index in [1.807, 2.05) is 0 Å². The number of hydrogen-bond acceptors (Lipinski definition) is 4. The van der Waals surface area contributed by atoms with E-state index in [2.05, 4.69) is 5.32 Å². The largest absolute Gasteiger partial charge is 0.508 e. The molecule has 17 heavy (non-hydrogen) atoms. The standard InChI is InChI=1S/C12H18N2O3/c1-8(15)7-14-12(17)11(13)6-9-2-4-10(16)5-3-9/h2-5,8,11,15-16H,6-7,13H2,1H3,(H,14,17)/t8-,11+/m0/s1. The monoisotopic (exact) mass is 238 g/mol. The van der Waals surface area contributed by atoms with E-state index in [1.54, 1.807) is 31.2 Å². The highest BCUT2D eigenvalue weighted by Crippen LogP contribution is 2.10. The molecule has 0 aliphatic heterocycles. The van der Waals surface area contributed by atoms with E-state index < -0.39 is 12.1 Å². The Morgan fingerprint density at radius 3 is 2.53 bits per heavy atom. The molecule has 0 aliphatic rings. The summed E-state index contributed by atoms with van der Waals surface area (Å²) in [5.41, 5.74) is 6.59. The zero-order chi connectivity index (χ0) is 12.8. The van der Waals surface area contributed by atoms with Gasteiger partial charge in [0.15, 0.2) is 0 Å². The Hall–Kier alpha value is -1.59. The summed E-state index contributed by atoms with van der Waals surface area (Å²) in [4.78, 5) is 11.5. The maximum Gasteiger partial charge on any atom is 0.237 e. The molecular weight excluding hydrogens is 220 g/mol. The highest BCUT2D eigenvalue weighted by atomic mass is 16.3. The van der Waals surface area contributed by atoms with Crippen molar-refractivity contribution in [1.29, 1.82) is 0 Å². The van der Waals surface area contributed by atoms with Crippen molar-refractivity contribution in [3.8, 4) is 5.75 Å². The Kier molecular flexibility index (Phi) is 4.93. The van der Waals surface area contributed by atoms with Crippen LogP contribution in [-0.2, 0) is 11.2 Å². The number of hydrogen-bond donors (Lipinski definition) is 4. The van der Waals surface area contributed by atoms with E-state index in [-0.39, 0.29) is 18.2 Å². The van der Waals surface area contributed by atoms with Gasteiger partial charge < -0.3 is 21.3 Å². The number of aliphatic hydroxyl groups excluding tert-OH is 1. The lowest BCUT2D eigenvalue weighted by molar-refractivity contribution is -0.122. The average molecular weight is 238 g/mol. The minimum Gasteiger partial charge on any atom is -0.508 e. The van der Waals surface area contributed by atoms with Crippen LogP contribution in [0.4, 0.5) is 0 Å². The van der Waals surface area contributed by atoms with E-state index in [4.69, 9.17) is 15.9 Å². The van der Waals surface area contributed by atoms with Gasteiger partial charge in [0.2, 0.25) is 5.91 Å². The molecule has 0 radical (unpaired) electrons. The van der Waals surface area contributed by atoms with E-state index in [0.717, 1.165) is 5.56 Å². The van der Waals surface area contributed by atoms with Crippen molar-refractivity contribution in [1.82, 2.24) is 5.32 Å². The van der Waals surface area contributed by atoms with Crippen molar-refractivity contribution < 1.29 is 15.0 Å². The first-order chi connectivity index (χ1) is 7.99. The Balaban J connectivity index is 2.45. The molecule has 0 saturated heterocycles. The van der Waals surface area contributed by atoms with Crippen LogP contribution in [0.3, 0.4) is 0 Å². The maximum absolute atomic E-state index is 11.5. The molecule has 0 unspecified atom stereocenters. The van der Waals surface area contributed by atoms with Crippen molar-refractivity contribution >= 4 is 5.91 Å². The molecular formula is C12H18N2O3. The fourth-order valence-electron chi connectivity index (χ4n) is 1.36. The minimum atomic E-state index is -0.654. The lowest BCUT2D eigenvalue weighted by atomic mass is 10.1. The van der Waals surface area contributed by atoms with Crippen LogP contribution in [0.2, 0.25) is 0 Å². The van der Waals surface area contributed by atoms with Crippen LogP contribution in [0.25, 0.3) is 0 Å². The highest BCUT2D eigenvalue weighted by Gasteiger charge is 2.14. The summed E-state index contributed by atoms with van der Waals surface area (Å²) in [5.74, 6) is -0.111. The van der Waals surface area contributed by atoms with Crippen LogP contribution >= 0.6 is 0 Å². The Morgan fingerprint density at radius 1 is 1.41 bits per heavy atom. The molecule has 5 nitrogen and oxygen atoms in total. The highest BCUT2D eigenvalue weighted by molar-refractivity contribution is 5.81. The summed E-state index contributed by atoms with van der Waals surface area (Å²) >= 11 is 0. The number of nitrogens with two attached hydrogens (primary N) is 1. The minimum absolute atomic E-state index is 0.181. The van der Waals surface area contributed by atoms with Gasteiger partial charge in [-0.3, -0.25) is 4.79 Å². The maximum atomic E-state index is 11.5. The topological polar surface area (TPSA) is 95.6 Å². The van der Waals surface area contributed by atoms with Crippen LogP contribution in [0.5, 0.6) is 5.75 Å². The first-order valence-corrected chi connectivity index (χ1v) is 5.48. The summed E-state index contributed by atoms with van der Waals surface area (Å²) in [5, 5.41) is 20.7. The van der Waals surface area contributed by atoms with E-state index >= 15 is 0 Å². The fourth-order valence-corrected chi connectivity index (χ4v) is 1.36. The molecule has 1 aromatic carbocycles. The number of carbonyl (C=O) groups excluding carboxylic acids is 1. The van der Waals surface area contributed by atoms with Gasteiger partial charge in [-0.25, -0.2) is 0 Å². The van der Waals surface area contributed by atoms with E-state index in [0.29, 0.717) is 6.42 Å². The second-order valence-electron chi connectivity index (χ2n) is 4.07. The van der Waals surface area contributed by atoms with Crippen molar-refractivity contribution in [2.24, 2.45) is 5.73 Å². The van der Waals surface area contributed by atoms with Gasteiger partial charge >= 0.3 is 0 Å². The number of phenols is 1. The number of aromatic hydroxyl groups is 1. The lowest BCUT2D eigenvalue weighted by Crippen LogP contribution is -2.44. The average Bonchev–Trinajstić information content (AvgIpc) is 2.28. The molecule has 0 fully saturated rings. The van der Waals surface area contributed by atoms with Crippen LogP contribution in [0.1, 0.15) is 12.5 Å². The zero-order valence-corrected chi connectivity index (χ0v) is 9.76. The molecule has 2 atom stereocenters. The van der Waals surface area contributed by atoms with Gasteiger partial charge in [0.1, 0.15) is 5.75 Å². The third-order valence-electron chi connectivity index (χ3n) is 2.30. The van der Waals surface area contributed by atoms with Gasteiger partial charge in [-0.2, -0.15) is 0 Å². The second kappa shape index (κ2) is 6.22. The van der Waals surface area contributed by atoms with Crippen LogP contribution in [0.15, 0.2) is 24.3 Å². The Labute approximate surface area is 100 Å². The Morgan fingerprint density at radius 2 is 2.00 bits per heavy atom. The molecule has 0 saturated carbocycles. The van der Waals surface area contributed by atoms with Crippen molar-refractivity contribution in [3.05, 3.63) is 29.8 Å². The summed E-state index contributed by atoms with van der Waals surface area (Å²) < 4.78 is 0. The van der Waals surface area contributed by atoms with Gasteiger partial charge in [0.05, 0.1) is 12.1 Å². The summed E-state index contributed by atoms with van der Waals surface area (Å²) in [7, 11) is 0. The molecule has 0 bridgehead atoms. The van der Waals surface area contributed by atoms with Crippen LogP contribution in [0, 0.1) is 0 Å². The molecule has 0 spiro atoms. The summed E-state index contributed by atoms with van der Waals surface area (Å²) in [6, 6.07) is 5.89. The number of amides is 1. The molecule has 1 rings (SSSR count). The molecule has 0 aromatic heterocycles. The number of nitrogens with one attached hydrogen (secondary N) is 1. The number of benzene rings is 1.